The van der Waals surface area contributed by atoms with Crippen LogP contribution in [0.2, 0.25) is 5.02 Å². The minimum absolute atomic E-state index is 0.135. The monoisotopic (exact) mass is 331 g/mol. The summed E-state index contributed by atoms with van der Waals surface area (Å²) in [6.45, 7) is 7.38. The normalized spacial score (nSPS) is 13.4. The topological polar surface area (TPSA) is 21.3 Å². The van der Waals surface area contributed by atoms with E-state index in [1.165, 1.54) is 5.56 Å². The highest BCUT2D eigenvalue weighted by Gasteiger charge is 2.14. The summed E-state index contributed by atoms with van der Waals surface area (Å²) in [6, 6.07) is 16.1. The predicted molar refractivity (Wildman–Crippen MR) is 99.8 cm³/mol. The first-order valence-electron chi connectivity index (χ1n) is 8.39. The van der Waals surface area contributed by atoms with Crippen molar-refractivity contribution in [3.8, 4) is 5.75 Å². The maximum absolute atomic E-state index is 6.27. The van der Waals surface area contributed by atoms with Gasteiger partial charge in [-0.2, -0.15) is 0 Å². The van der Waals surface area contributed by atoms with Crippen LogP contribution in [-0.4, -0.2) is 12.6 Å². The Labute approximate surface area is 144 Å². The van der Waals surface area contributed by atoms with Crippen LogP contribution in [-0.2, 0) is 0 Å². The third kappa shape index (κ3) is 5.18. The molecule has 0 aromatic heterocycles. The van der Waals surface area contributed by atoms with Gasteiger partial charge in [-0.05, 0) is 54.7 Å². The quantitative estimate of drug-likeness (QED) is 0.628. The van der Waals surface area contributed by atoms with Crippen molar-refractivity contribution in [3.63, 3.8) is 0 Å². The maximum Gasteiger partial charge on any atom is 0.123 e. The van der Waals surface area contributed by atoms with Crippen LogP contribution < -0.4 is 10.1 Å². The van der Waals surface area contributed by atoms with Crippen molar-refractivity contribution in [3.05, 3.63) is 59.1 Å². The molecule has 2 unspecified atom stereocenters. The maximum atomic E-state index is 6.27. The fourth-order valence-electron chi connectivity index (χ4n) is 2.46. The summed E-state index contributed by atoms with van der Waals surface area (Å²) >= 11 is 5.92. The van der Waals surface area contributed by atoms with Crippen LogP contribution in [0.15, 0.2) is 48.5 Å². The van der Waals surface area contributed by atoms with Crippen LogP contribution in [0.25, 0.3) is 0 Å². The molecule has 0 aliphatic carbocycles. The molecule has 2 rings (SSSR count). The molecule has 2 aromatic carbocycles. The average molecular weight is 332 g/mol. The zero-order valence-electron chi connectivity index (χ0n) is 14.2. The summed E-state index contributed by atoms with van der Waals surface area (Å²) in [4.78, 5) is 0. The number of nitrogens with one attached hydrogen (secondary N) is 1. The first-order valence-corrected chi connectivity index (χ1v) is 8.76. The number of rotatable bonds is 8. The molecule has 1 N–H and O–H groups in total. The molecule has 23 heavy (non-hydrogen) atoms. The summed E-state index contributed by atoms with van der Waals surface area (Å²) in [6.07, 6.45) is 2.20. The number of para-hydroxylation sites is 1. The van der Waals surface area contributed by atoms with E-state index in [0.29, 0.717) is 5.92 Å². The Balaban J connectivity index is 2.00. The molecule has 0 spiro atoms. The summed E-state index contributed by atoms with van der Waals surface area (Å²) in [5.41, 5.74) is 2.35. The molecule has 0 saturated heterocycles. The molecule has 124 valence electrons. The molecule has 2 nitrogen and oxygen atoms in total. The molecule has 0 aliphatic rings. The Kier molecular flexibility index (Phi) is 6.79. The molecule has 0 amide bonds. The van der Waals surface area contributed by atoms with E-state index in [2.05, 4.69) is 44.3 Å². The molecule has 2 atom stereocenters. The van der Waals surface area contributed by atoms with Gasteiger partial charge in [-0.3, -0.25) is 0 Å². The Morgan fingerprint density at radius 1 is 1.00 bits per heavy atom. The van der Waals surface area contributed by atoms with Crippen molar-refractivity contribution in [2.45, 2.75) is 45.6 Å². The van der Waals surface area contributed by atoms with Crippen LogP contribution in [0.5, 0.6) is 5.75 Å². The van der Waals surface area contributed by atoms with E-state index in [-0.39, 0.29) is 6.10 Å². The summed E-state index contributed by atoms with van der Waals surface area (Å²) in [5.74, 6) is 1.51. The van der Waals surface area contributed by atoms with Crippen molar-refractivity contribution in [2.75, 3.05) is 11.9 Å². The molecule has 0 heterocycles. The molecule has 0 aliphatic heterocycles. The van der Waals surface area contributed by atoms with Crippen LogP contribution in [0.3, 0.4) is 0 Å². The highest BCUT2D eigenvalue weighted by molar-refractivity contribution is 6.30. The van der Waals surface area contributed by atoms with E-state index in [1.54, 1.807) is 0 Å². The zero-order chi connectivity index (χ0) is 16.7. The highest BCUT2D eigenvalue weighted by Crippen LogP contribution is 2.29. The van der Waals surface area contributed by atoms with Gasteiger partial charge < -0.3 is 10.1 Å². The van der Waals surface area contributed by atoms with Crippen LogP contribution in [0, 0.1) is 0 Å². The SMILES string of the molecule is CCC(CNc1ccc(Cl)cc1)Oc1ccccc1C(C)CC. The Hall–Kier alpha value is -1.67. The van der Waals surface area contributed by atoms with Crippen molar-refractivity contribution in [1.82, 2.24) is 0 Å². The predicted octanol–water partition coefficient (Wildman–Crippen LogP) is 6.12. The largest absolute Gasteiger partial charge is 0.488 e. The first kappa shape index (κ1) is 17.7. The Morgan fingerprint density at radius 2 is 1.70 bits per heavy atom. The zero-order valence-corrected chi connectivity index (χ0v) is 14.9. The minimum Gasteiger partial charge on any atom is -0.488 e. The van der Waals surface area contributed by atoms with Crippen molar-refractivity contribution < 1.29 is 4.74 Å². The van der Waals surface area contributed by atoms with Gasteiger partial charge in [0.1, 0.15) is 11.9 Å². The van der Waals surface area contributed by atoms with E-state index >= 15 is 0 Å². The first-order chi connectivity index (χ1) is 11.1. The molecule has 3 heteroatoms. The van der Waals surface area contributed by atoms with Gasteiger partial charge in [-0.25, -0.2) is 0 Å². The van der Waals surface area contributed by atoms with Gasteiger partial charge >= 0.3 is 0 Å². The van der Waals surface area contributed by atoms with Crippen LogP contribution in [0.1, 0.15) is 45.1 Å². The average Bonchev–Trinajstić information content (AvgIpc) is 2.59. The summed E-state index contributed by atoms with van der Waals surface area (Å²) in [5, 5.41) is 4.17. The Morgan fingerprint density at radius 3 is 2.35 bits per heavy atom. The van der Waals surface area contributed by atoms with Gasteiger partial charge in [-0.15, -0.1) is 0 Å². The molecule has 0 radical (unpaired) electrons. The van der Waals surface area contributed by atoms with Gasteiger partial charge in [0.25, 0.3) is 0 Å². The van der Waals surface area contributed by atoms with E-state index in [4.69, 9.17) is 16.3 Å². The fraction of sp³-hybridized carbons (Fsp3) is 0.400. The van der Waals surface area contributed by atoms with Gasteiger partial charge in [0.05, 0.1) is 6.54 Å². The van der Waals surface area contributed by atoms with E-state index in [0.717, 1.165) is 35.8 Å². The number of anilines is 1. The number of halogens is 1. The lowest BCUT2D eigenvalue weighted by molar-refractivity contribution is 0.207. The lowest BCUT2D eigenvalue weighted by Gasteiger charge is -2.22. The Bertz CT molecular complexity index is 597. The van der Waals surface area contributed by atoms with Crippen molar-refractivity contribution >= 4 is 17.3 Å². The molecular formula is C20H26ClNO. The second-order valence-corrected chi connectivity index (χ2v) is 6.32. The van der Waals surface area contributed by atoms with E-state index in [1.807, 2.05) is 30.3 Å². The van der Waals surface area contributed by atoms with E-state index in [9.17, 15) is 0 Å². The lowest BCUT2D eigenvalue weighted by atomic mass is 9.98. The smallest absolute Gasteiger partial charge is 0.123 e. The summed E-state index contributed by atoms with van der Waals surface area (Å²) in [7, 11) is 0. The number of benzene rings is 2. The number of hydrogen-bond donors (Lipinski definition) is 1. The van der Waals surface area contributed by atoms with Gasteiger partial charge in [0, 0.05) is 10.7 Å². The van der Waals surface area contributed by atoms with Gasteiger partial charge in [0.15, 0.2) is 0 Å². The second-order valence-electron chi connectivity index (χ2n) is 5.88. The molecule has 2 aromatic rings. The van der Waals surface area contributed by atoms with Crippen LogP contribution in [0.4, 0.5) is 5.69 Å². The third-order valence-corrected chi connectivity index (χ3v) is 4.44. The van der Waals surface area contributed by atoms with Crippen molar-refractivity contribution in [1.29, 1.82) is 0 Å². The number of hydrogen-bond acceptors (Lipinski definition) is 2. The highest BCUT2D eigenvalue weighted by atomic mass is 35.5. The second kappa shape index (κ2) is 8.83. The third-order valence-electron chi connectivity index (χ3n) is 4.19. The van der Waals surface area contributed by atoms with Crippen molar-refractivity contribution in [2.24, 2.45) is 0 Å². The molecular weight excluding hydrogens is 306 g/mol. The fourth-order valence-corrected chi connectivity index (χ4v) is 2.59. The van der Waals surface area contributed by atoms with E-state index < -0.39 is 0 Å². The van der Waals surface area contributed by atoms with Gasteiger partial charge in [0.2, 0.25) is 0 Å². The molecule has 0 saturated carbocycles. The standard InChI is InChI=1S/C20H26ClNO/c1-4-15(3)19-8-6-7-9-20(19)23-18(5-2)14-22-17-12-10-16(21)11-13-17/h6-13,15,18,22H,4-5,14H2,1-3H3. The summed E-state index contributed by atoms with van der Waals surface area (Å²) < 4.78 is 6.27. The lowest BCUT2D eigenvalue weighted by Crippen LogP contribution is -2.26. The molecule has 0 fully saturated rings. The number of ether oxygens (including phenoxy) is 1. The minimum atomic E-state index is 0.135. The van der Waals surface area contributed by atoms with Gasteiger partial charge in [-0.1, -0.05) is 50.6 Å². The van der Waals surface area contributed by atoms with Crippen LogP contribution >= 0.6 is 11.6 Å². The molecule has 0 bridgehead atoms.